The molecule has 0 aliphatic carbocycles. The van der Waals surface area contributed by atoms with E-state index < -0.39 is 75.6 Å². The SMILES string of the molecule is CC(C)(C)OC(=O)[C@@H](Cc1ccc(CC(C(=O)NCCOc2ccc(C[C@H](C(=O)OC(C)(C)C)[C@H]3CCN(C(=O)OC(C)(C)C)C3)cc2)c2ccc(C[C@H](C(=O)OC(C)(C)C)[C@H]3CCN(C(=O)OC(C)(C)C)C3)cc2)cc1)[C@H]1CCN(C(=O)OC(C)(C)C)C1. The molecule has 0 radical (unpaired) electrons. The van der Waals surface area contributed by atoms with Crippen molar-refractivity contribution >= 4 is 42.1 Å². The van der Waals surface area contributed by atoms with Gasteiger partial charge in [0.25, 0.3) is 0 Å². The molecule has 7 atom stereocenters. The van der Waals surface area contributed by atoms with Crippen molar-refractivity contribution in [1.29, 1.82) is 0 Å². The van der Waals surface area contributed by atoms with E-state index in [0.29, 0.717) is 90.0 Å². The van der Waals surface area contributed by atoms with Crippen LogP contribution in [0.1, 0.15) is 178 Å². The van der Waals surface area contributed by atoms with Crippen molar-refractivity contribution < 1.29 is 66.7 Å². The van der Waals surface area contributed by atoms with Crippen LogP contribution < -0.4 is 10.1 Å². The highest BCUT2D eigenvalue weighted by atomic mass is 16.6. The maximum atomic E-state index is 14.6. The lowest BCUT2D eigenvalue weighted by Gasteiger charge is -2.28. The largest absolute Gasteiger partial charge is 0.492 e. The molecular formula is C71H104N4O14. The molecule has 18 heteroatoms. The number of ether oxygens (including phenoxy) is 7. The molecule has 3 aliphatic rings. The van der Waals surface area contributed by atoms with Crippen LogP contribution in [0.5, 0.6) is 5.75 Å². The third-order valence-electron chi connectivity index (χ3n) is 15.6. The van der Waals surface area contributed by atoms with Crippen molar-refractivity contribution in [2.24, 2.45) is 35.5 Å². The van der Waals surface area contributed by atoms with Gasteiger partial charge in [0.05, 0.1) is 30.2 Å². The third-order valence-corrected chi connectivity index (χ3v) is 15.6. The second-order valence-electron chi connectivity index (χ2n) is 30.6. The molecule has 3 heterocycles. The Bertz CT molecular complexity index is 2880. The Kier molecular flexibility index (Phi) is 23.5. The number of nitrogens with zero attached hydrogens (tertiary/aromatic N) is 3. The lowest BCUT2D eigenvalue weighted by atomic mass is 9.84. The van der Waals surface area contributed by atoms with Gasteiger partial charge < -0.3 is 53.2 Å². The normalized spacial score (nSPS) is 18.9. The first-order valence-corrected chi connectivity index (χ1v) is 31.9. The van der Waals surface area contributed by atoms with Gasteiger partial charge in [-0.2, -0.15) is 0 Å². The van der Waals surface area contributed by atoms with Gasteiger partial charge in [-0.05, 0) is 227 Å². The smallest absolute Gasteiger partial charge is 0.410 e. The van der Waals surface area contributed by atoms with E-state index in [9.17, 15) is 33.6 Å². The molecule has 0 bridgehead atoms. The molecule has 89 heavy (non-hydrogen) atoms. The summed E-state index contributed by atoms with van der Waals surface area (Å²) in [4.78, 5) is 100. The standard InChI is InChI=1S/C71H104N4O14/c1-66(2,3)84-60(77)56(51-31-35-73(43-51)63(80)87-69(10,11)12)40-47-21-19-46(20-22-47)39-55(50-27-23-48(24-28-50)41-57(61(78)85-67(4,5)6)52-32-36-74(44-52)64(81)88-70(13,14)15)59(76)72-34-38-83-54-29-25-49(26-30-54)42-58(62(79)86-68(7,8)9)53-33-37-75(45-53)65(82)89-71(16,17)18/h19-30,51-53,55-58H,31-45H2,1-18H3,(H,72,76)/t51-,52-,53-,55?,56-,57-,58-/m0/s1. The number of amides is 4. The maximum Gasteiger partial charge on any atom is 0.410 e. The summed E-state index contributed by atoms with van der Waals surface area (Å²) in [5, 5.41) is 3.12. The Morgan fingerprint density at radius 3 is 0.989 bits per heavy atom. The average molecular weight is 1240 g/mol. The number of benzene rings is 3. The molecule has 3 aromatic rings. The van der Waals surface area contributed by atoms with Crippen LogP contribution in [0.25, 0.3) is 0 Å². The molecule has 492 valence electrons. The maximum absolute atomic E-state index is 14.6. The number of likely N-dealkylation sites (tertiary alicyclic amines) is 3. The number of hydrogen-bond acceptors (Lipinski definition) is 14. The summed E-state index contributed by atoms with van der Waals surface area (Å²) in [7, 11) is 0. The molecule has 3 aliphatic heterocycles. The molecule has 0 spiro atoms. The summed E-state index contributed by atoms with van der Waals surface area (Å²) in [6.07, 6.45) is 2.18. The van der Waals surface area contributed by atoms with E-state index in [2.05, 4.69) is 5.32 Å². The van der Waals surface area contributed by atoms with E-state index in [0.717, 1.165) is 27.8 Å². The van der Waals surface area contributed by atoms with E-state index in [1.807, 2.05) is 197 Å². The molecule has 18 nitrogen and oxygen atoms in total. The fourth-order valence-corrected chi connectivity index (χ4v) is 11.5. The van der Waals surface area contributed by atoms with Crippen LogP contribution in [0, 0.1) is 35.5 Å². The minimum absolute atomic E-state index is 0.122. The van der Waals surface area contributed by atoms with E-state index in [4.69, 9.17) is 33.2 Å². The van der Waals surface area contributed by atoms with Gasteiger partial charge >= 0.3 is 36.2 Å². The summed E-state index contributed by atoms with van der Waals surface area (Å²) >= 11 is 0. The van der Waals surface area contributed by atoms with E-state index in [1.165, 1.54) is 0 Å². The number of rotatable bonds is 20. The second-order valence-corrected chi connectivity index (χ2v) is 30.6. The van der Waals surface area contributed by atoms with Gasteiger partial charge in [-0.25, -0.2) is 14.4 Å². The minimum Gasteiger partial charge on any atom is -0.492 e. The Labute approximate surface area is 530 Å². The first-order chi connectivity index (χ1) is 41.2. The van der Waals surface area contributed by atoms with E-state index in [-0.39, 0.29) is 54.7 Å². The number of hydrogen-bond donors (Lipinski definition) is 1. The van der Waals surface area contributed by atoms with Crippen LogP contribution in [-0.2, 0) is 73.3 Å². The Morgan fingerprint density at radius 2 is 0.685 bits per heavy atom. The Hall–Kier alpha value is -6.85. The van der Waals surface area contributed by atoms with Crippen LogP contribution in [-0.4, -0.2) is 143 Å². The van der Waals surface area contributed by atoms with Crippen molar-refractivity contribution in [3.63, 3.8) is 0 Å². The molecule has 3 saturated heterocycles. The van der Waals surface area contributed by atoms with Crippen LogP contribution >= 0.6 is 0 Å². The highest BCUT2D eigenvalue weighted by Gasteiger charge is 2.43. The summed E-state index contributed by atoms with van der Waals surface area (Å²) in [5.74, 6) is -3.22. The monoisotopic (exact) mass is 1240 g/mol. The van der Waals surface area contributed by atoms with Crippen LogP contribution in [0.15, 0.2) is 72.8 Å². The minimum atomic E-state index is -0.724. The van der Waals surface area contributed by atoms with Gasteiger partial charge in [0.2, 0.25) is 5.91 Å². The van der Waals surface area contributed by atoms with E-state index in [1.54, 1.807) is 14.7 Å². The number of carbonyl (C=O) groups excluding carboxylic acids is 7. The van der Waals surface area contributed by atoms with Gasteiger partial charge in [0.15, 0.2) is 0 Å². The molecule has 0 aromatic heterocycles. The van der Waals surface area contributed by atoms with Crippen LogP contribution in [0.3, 0.4) is 0 Å². The lowest BCUT2D eigenvalue weighted by Crippen LogP contribution is -2.38. The summed E-state index contributed by atoms with van der Waals surface area (Å²) in [6.45, 7) is 36.0. The number of nitrogens with one attached hydrogen (secondary N) is 1. The van der Waals surface area contributed by atoms with Crippen molar-refractivity contribution in [2.75, 3.05) is 52.4 Å². The Morgan fingerprint density at radius 1 is 0.404 bits per heavy atom. The lowest BCUT2D eigenvalue weighted by molar-refractivity contribution is -0.163. The summed E-state index contributed by atoms with van der Waals surface area (Å²) < 4.78 is 41.0. The van der Waals surface area contributed by atoms with Gasteiger partial charge in [-0.1, -0.05) is 60.7 Å². The molecule has 1 unspecified atom stereocenters. The fourth-order valence-electron chi connectivity index (χ4n) is 11.5. The van der Waals surface area contributed by atoms with Gasteiger partial charge in [-0.3, -0.25) is 19.2 Å². The summed E-state index contributed by atoms with van der Waals surface area (Å²) in [6, 6.07) is 23.3. The summed E-state index contributed by atoms with van der Waals surface area (Å²) in [5.41, 5.74) is 0.275. The first-order valence-electron chi connectivity index (χ1n) is 31.9. The van der Waals surface area contributed by atoms with E-state index >= 15 is 0 Å². The number of esters is 3. The van der Waals surface area contributed by atoms with Crippen molar-refractivity contribution in [3.05, 3.63) is 101 Å². The fraction of sp³-hybridized carbons (Fsp3) is 0.648. The molecule has 6 rings (SSSR count). The van der Waals surface area contributed by atoms with Crippen LogP contribution in [0.4, 0.5) is 14.4 Å². The Balaban J connectivity index is 1.18. The molecule has 3 aromatic carbocycles. The van der Waals surface area contributed by atoms with Crippen molar-refractivity contribution in [2.45, 2.75) is 209 Å². The second kappa shape index (κ2) is 29.4. The quantitative estimate of drug-likeness (QED) is 0.0635. The predicted molar refractivity (Wildman–Crippen MR) is 341 cm³/mol. The zero-order chi connectivity index (χ0) is 66.0. The molecule has 0 saturated carbocycles. The van der Waals surface area contributed by atoms with Crippen molar-refractivity contribution in [3.8, 4) is 5.75 Å². The zero-order valence-electron chi connectivity index (χ0n) is 56.6. The molecule has 1 N–H and O–H groups in total. The predicted octanol–water partition coefficient (Wildman–Crippen LogP) is 12.5. The zero-order valence-corrected chi connectivity index (χ0v) is 56.6. The highest BCUT2D eigenvalue weighted by molar-refractivity contribution is 5.84. The highest BCUT2D eigenvalue weighted by Crippen LogP contribution is 2.35. The van der Waals surface area contributed by atoms with Crippen molar-refractivity contribution in [1.82, 2.24) is 20.0 Å². The third kappa shape index (κ3) is 23.5. The van der Waals surface area contributed by atoms with Gasteiger partial charge in [-0.15, -0.1) is 0 Å². The molecule has 4 amide bonds. The molecule has 3 fully saturated rings. The topological polar surface area (TPSA) is 206 Å². The first kappa shape index (κ1) is 71.2. The van der Waals surface area contributed by atoms with Gasteiger partial charge in [0, 0.05) is 39.3 Å². The average Bonchev–Trinajstić information content (AvgIpc) is 3.20. The number of carbonyl (C=O) groups is 7. The van der Waals surface area contributed by atoms with Crippen LogP contribution in [0.2, 0.25) is 0 Å². The molecular weight excluding hydrogens is 1130 g/mol. The van der Waals surface area contributed by atoms with Gasteiger partial charge in [0.1, 0.15) is 46.0 Å².